The molecule has 2 heterocycles. The molecular formula is C28H36N2O6. The molecule has 0 bridgehead atoms. The number of hydrogen-bond donors (Lipinski definition) is 0. The maximum absolute atomic E-state index is 10.2. The maximum atomic E-state index is 10.2. The third kappa shape index (κ3) is 4.37. The lowest BCUT2D eigenvalue weighted by Crippen LogP contribution is -2.41. The summed E-state index contributed by atoms with van der Waals surface area (Å²) in [5, 5.41) is 10.2. The van der Waals surface area contributed by atoms with Crippen molar-refractivity contribution in [3.05, 3.63) is 35.4 Å². The van der Waals surface area contributed by atoms with Gasteiger partial charge in [-0.1, -0.05) is 19.1 Å². The SMILES string of the molecule is CCC(C#N)(CCCC1Cc2c(c(OC)c(OC)c(OC)c2OC)CN1C)C1Oc2ccccc2O1. The fourth-order valence-electron chi connectivity index (χ4n) is 5.46. The number of nitrogens with zero attached hydrogens (tertiary/aromatic N) is 2. The van der Waals surface area contributed by atoms with Gasteiger partial charge in [-0.25, -0.2) is 0 Å². The Morgan fingerprint density at radius 3 is 2.00 bits per heavy atom. The highest BCUT2D eigenvalue weighted by Gasteiger charge is 2.45. The van der Waals surface area contributed by atoms with Crippen molar-refractivity contribution in [2.24, 2.45) is 5.41 Å². The molecule has 2 aliphatic heterocycles. The lowest BCUT2D eigenvalue weighted by Gasteiger charge is -2.37. The number of likely N-dealkylation sites (N-methyl/N-ethyl adjacent to an activating group) is 1. The van der Waals surface area contributed by atoms with E-state index in [1.165, 1.54) is 0 Å². The Kier molecular flexibility index (Phi) is 7.70. The average Bonchev–Trinajstić information content (AvgIpc) is 3.35. The minimum absolute atomic E-state index is 0.269. The van der Waals surface area contributed by atoms with Crippen LogP contribution in [0.5, 0.6) is 34.5 Å². The van der Waals surface area contributed by atoms with Crippen LogP contribution in [0.4, 0.5) is 0 Å². The Hall–Kier alpha value is -3.31. The first-order valence-electron chi connectivity index (χ1n) is 12.4. The molecule has 0 spiro atoms. The fraction of sp³-hybridized carbons (Fsp3) is 0.536. The highest BCUT2D eigenvalue weighted by Crippen LogP contribution is 2.52. The van der Waals surface area contributed by atoms with Crippen LogP contribution in [-0.2, 0) is 13.0 Å². The fourth-order valence-corrected chi connectivity index (χ4v) is 5.46. The van der Waals surface area contributed by atoms with E-state index in [-0.39, 0.29) is 6.04 Å². The Balaban J connectivity index is 1.51. The number of ether oxygens (including phenoxy) is 6. The maximum Gasteiger partial charge on any atom is 0.259 e. The van der Waals surface area contributed by atoms with Crippen LogP contribution < -0.4 is 28.4 Å². The van der Waals surface area contributed by atoms with Crippen molar-refractivity contribution in [1.82, 2.24) is 4.90 Å². The number of benzene rings is 2. The molecule has 2 atom stereocenters. The van der Waals surface area contributed by atoms with Gasteiger partial charge in [0, 0.05) is 23.7 Å². The smallest absolute Gasteiger partial charge is 0.259 e. The standard InChI is InChI=1S/C28H36N2O6/c1-7-28(17-29,27-35-21-12-8-9-13-22(21)36-27)14-10-11-18-15-19-20(16-30(18)2)24(32-4)26(34-6)25(33-5)23(19)31-3/h8-9,12-13,18,27H,7,10-11,14-16H2,1-6H3. The Bertz CT molecular complexity index is 1100. The third-order valence-corrected chi connectivity index (χ3v) is 7.60. The van der Waals surface area contributed by atoms with Crippen molar-refractivity contribution >= 4 is 0 Å². The van der Waals surface area contributed by atoms with E-state index in [0.29, 0.717) is 53.9 Å². The summed E-state index contributed by atoms with van der Waals surface area (Å²) in [6.45, 7) is 2.72. The average molecular weight is 497 g/mol. The van der Waals surface area contributed by atoms with E-state index in [2.05, 4.69) is 18.0 Å². The molecule has 2 aliphatic rings. The first-order valence-corrected chi connectivity index (χ1v) is 12.4. The molecule has 194 valence electrons. The van der Waals surface area contributed by atoms with Crippen molar-refractivity contribution in [3.8, 4) is 40.6 Å². The Morgan fingerprint density at radius 1 is 0.944 bits per heavy atom. The van der Waals surface area contributed by atoms with Gasteiger partial charge in [-0.05, 0) is 51.3 Å². The molecule has 2 unspecified atom stereocenters. The van der Waals surface area contributed by atoms with Crippen molar-refractivity contribution in [2.45, 2.75) is 57.9 Å². The van der Waals surface area contributed by atoms with Crippen LogP contribution in [0.25, 0.3) is 0 Å². The monoisotopic (exact) mass is 496 g/mol. The molecule has 4 rings (SSSR count). The van der Waals surface area contributed by atoms with Crippen LogP contribution in [0.1, 0.15) is 43.7 Å². The summed E-state index contributed by atoms with van der Waals surface area (Å²) in [6.07, 6.45) is 3.28. The highest BCUT2D eigenvalue weighted by molar-refractivity contribution is 5.67. The van der Waals surface area contributed by atoms with E-state index in [9.17, 15) is 5.26 Å². The van der Waals surface area contributed by atoms with Gasteiger partial charge >= 0.3 is 0 Å². The molecule has 0 saturated carbocycles. The zero-order chi connectivity index (χ0) is 25.9. The molecule has 8 nitrogen and oxygen atoms in total. The molecule has 0 radical (unpaired) electrons. The predicted octanol–water partition coefficient (Wildman–Crippen LogP) is 4.97. The first kappa shape index (κ1) is 25.8. The minimum atomic E-state index is -0.721. The van der Waals surface area contributed by atoms with Gasteiger partial charge in [-0.3, -0.25) is 4.90 Å². The molecule has 8 heteroatoms. The molecule has 0 N–H and O–H groups in total. The summed E-state index contributed by atoms with van der Waals surface area (Å²) >= 11 is 0. The Labute approximate surface area is 213 Å². The largest absolute Gasteiger partial charge is 0.492 e. The highest BCUT2D eigenvalue weighted by atomic mass is 16.7. The molecular weight excluding hydrogens is 460 g/mol. The van der Waals surface area contributed by atoms with Crippen molar-refractivity contribution < 1.29 is 28.4 Å². The van der Waals surface area contributed by atoms with Crippen molar-refractivity contribution in [2.75, 3.05) is 35.5 Å². The number of nitriles is 1. The summed E-state index contributed by atoms with van der Waals surface area (Å²) in [6, 6.07) is 10.4. The number of para-hydroxylation sites is 2. The number of hydrogen-bond acceptors (Lipinski definition) is 8. The molecule has 2 aromatic rings. The third-order valence-electron chi connectivity index (χ3n) is 7.60. The number of methoxy groups -OCH3 is 4. The Morgan fingerprint density at radius 2 is 1.50 bits per heavy atom. The molecule has 0 amide bonds. The van der Waals surface area contributed by atoms with E-state index < -0.39 is 11.7 Å². The van der Waals surface area contributed by atoms with Crippen LogP contribution in [0, 0.1) is 16.7 Å². The second-order valence-electron chi connectivity index (χ2n) is 9.39. The number of fused-ring (bicyclic) bond motifs is 2. The predicted molar refractivity (Wildman–Crippen MR) is 135 cm³/mol. The summed E-state index contributed by atoms with van der Waals surface area (Å²) in [5.74, 6) is 3.85. The zero-order valence-corrected chi connectivity index (χ0v) is 22.1. The lowest BCUT2D eigenvalue weighted by molar-refractivity contribution is -0.0458. The molecule has 0 fully saturated rings. The van der Waals surface area contributed by atoms with E-state index >= 15 is 0 Å². The van der Waals surface area contributed by atoms with Crippen LogP contribution in [0.15, 0.2) is 24.3 Å². The van der Waals surface area contributed by atoms with Gasteiger partial charge in [0.05, 0.1) is 34.5 Å². The lowest BCUT2D eigenvalue weighted by atomic mass is 9.79. The van der Waals surface area contributed by atoms with Gasteiger partial charge in [0.2, 0.25) is 11.5 Å². The molecule has 2 aromatic carbocycles. The van der Waals surface area contributed by atoms with Gasteiger partial charge in [-0.15, -0.1) is 0 Å². The van der Waals surface area contributed by atoms with Crippen molar-refractivity contribution in [3.63, 3.8) is 0 Å². The second kappa shape index (κ2) is 10.8. The minimum Gasteiger partial charge on any atom is -0.492 e. The van der Waals surface area contributed by atoms with Gasteiger partial charge in [-0.2, -0.15) is 5.26 Å². The molecule has 36 heavy (non-hydrogen) atoms. The summed E-state index contributed by atoms with van der Waals surface area (Å²) in [7, 11) is 8.63. The molecule has 0 saturated heterocycles. The normalized spacial score (nSPS) is 18.6. The first-order chi connectivity index (χ1) is 17.5. The van der Waals surface area contributed by atoms with Gasteiger partial charge in [0.15, 0.2) is 23.0 Å². The number of rotatable bonds is 10. The van der Waals surface area contributed by atoms with Gasteiger partial charge in [0.1, 0.15) is 5.41 Å². The van der Waals surface area contributed by atoms with Crippen molar-refractivity contribution in [1.29, 1.82) is 5.26 Å². The topological polar surface area (TPSA) is 82.4 Å². The molecule has 0 aromatic heterocycles. The summed E-state index contributed by atoms with van der Waals surface area (Å²) in [5.41, 5.74) is 1.41. The molecule has 0 aliphatic carbocycles. The van der Waals surface area contributed by atoms with Crippen LogP contribution in [0.3, 0.4) is 0 Å². The van der Waals surface area contributed by atoms with Crippen LogP contribution in [-0.4, -0.2) is 52.7 Å². The van der Waals surface area contributed by atoms with Crippen LogP contribution >= 0.6 is 0 Å². The van der Waals surface area contributed by atoms with E-state index in [1.54, 1.807) is 28.4 Å². The summed E-state index contributed by atoms with van der Waals surface area (Å²) < 4.78 is 34.9. The second-order valence-corrected chi connectivity index (χ2v) is 9.39. The van der Waals surface area contributed by atoms with Gasteiger partial charge in [0.25, 0.3) is 6.29 Å². The summed E-state index contributed by atoms with van der Waals surface area (Å²) in [4.78, 5) is 2.33. The van der Waals surface area contributed by atoms with E-state index in [0.717, 1.165) is 30.4 Å². The quantitative estimate of drug-likeness (QED) is 0.456. The van der Waals surface area contributed by atoms with E-state index in [1.807, 2.05) is 31.2 Å². The van der Waals surface area contributed by atoms with Gasteiger partial charge < -0.3 is 28.4 Å². The zero-order valence-electron chi connectivity index (χ0n) is 22.1. The van der Waals surface area contributed by atoms with Crippen LogP contribution in [0.2, 0.25) is 0 Å². The van der Waals surface area contributed by atoms with E-state index in [4.69, 9.17) is 28.4 Å².